The van der Waals surface area contributed by atoms with Crippen LogP contribution < -0.4 is 5.73 Å². The van der Waals surface area contributed by atoms with Gasteiger partial charge < -0.3 is 20.9 Å². The van der Waals surface area contributed by atoms with Crippen molar-refractivity contribution < 1.29 is 15.0 Å². The molecular weight excluding hydrogens is 440 g/mol. The number of hydrogen-bond donors (Lipinski definition) is 4. The molecule has 5 N–H and O–H groups in total. The Labute approximate surface area is 205 Å². The summed E-state index contributed by atoms with van der Waals surface area (Å²) in [5, 5.41) is 19.4. The molecule has 7 heteroatoms. The van der Waals surface area contributed by atoms with Gasteiger partial charge in [0.05, 0.1) is 23.1 Å². The molecule has 1 saturated carbocycles. The van der Waals surface area contributed by atoms with Crippen molar-refractivity contribution in [2.45, 2.75) is 56.6 Å². The first-order valence-corrected chi connectivity index (χ1v) is 12.6. The Morgan fingerprint density at radius 3 is 2.66 bits per heavy atom. The molecule has 2 aromatic heterocycles. The van der Waals surface area contributed by atoms with E-state index < -0.39 is 5.97 Å². The lowest BCUT2D eigenvalue weighted by Gasteiger charge is -2.35. The minimum absolute atomic E-state index is 0.140. The molecule has 0 bridgehead atoms. The number of carboxylic acids is 1. The van der Waals surface area contributed by atoms with Crippen LogP contribution in [-0.2, 0) is 25.7 Å². The molecule has 0 spiro atoms. The monoisotopic (exact) mass is 472 g/mol. The Balaban J connectivity index is 1.23. The molecular formula is C28H32N4O3. The van der Waals surface area contributed by atoms with E-state index in [9.17, 15) is 15.0 Å². The van der Waals surface area contributed by atoms with E-state index in [0.717, 1.165) is 91.1 Å². The number of nitrogens with one attached hydrogen (secondary N) is 1. The number of fused-ring (bicyclic) bond motifs is 3. The number of aromatic amines is 1. The number of carbonyl (C=O) groups is 1. The number of rotatable bonds is 8. The molecule has 1 aromatic carbocycles. The number of aliphatic hydroxyl groups is 1. The lowest BCUT2D eigenvalue weighted by Crippen LogP contribution is -2.50. The normalized spacial score (nSPS) is 18.6. The minimum atomic E-state index is -0.875. The van der Waals surface area contributed by atoms with Gasteiger partial charge in [-0.1, -0.05) is 24.3 Å². The summed E-state index contributed by atoms with van der Waals surface area (Å²) in [7, 11) is 0. The molecule has 7 nitrogen and oxygen atoms in total. The molecule has 3 heterocycles. The molecule has 35 heavy (non-hydrogen) atoms. The van der Waals surface area contributed by atoms with Gasteiger partial charge in [0, 0.05) is 48.1 Å². The van der Waals surface area contributed by atoms with Crippen molar-refractivity contribution in [2.24, 2.45) is 5.73 Å². The number of H-pyrrole nitrogens is 1. The first-order valence-electron chi connectivity index (χ1n) is 12.6. The van der Waals surface area contributed by atoms with Gasteiger partial charge in [-0.05, 0) is 67.8 Å². The molecule has 1 saturated heterocycles. The molecule has 0 amide bonds. The number of carboxylic acid groups (broad SMARTS) is 1. The van der Waals surface area contributed by atoms with Crippen LogP contribution in [0.2, 0.25) is 0 Å². The van der Waals surface area contributed by atoms with Gasteiger partial charge in [0.15, 0.2) is 0 Å². The van der Waals surface area contributed by atoms with Crippen molar-refractivity contribution in [2.75, 3.05) is 19.6 Å². The summed E-state index contributed by atoms with van der Waals surface area (Å²) in [4.78, 5) is 22.6. The molecule has 0 radical (unpaired) electrons. The smallest absolute Gasteiger partial charge is 0.337 e. The topological polar surface area (TPSA) is 115 Å². The van der Waals surface area contributed by atoms with Crippen LogP contribution in [0.3, 0.4) is 0 Å². The molecule has 2 aliphatic carbocycles. The molecule has 3 aromatic rings. The fourth-order valence-corrected chi connectivity index (χ4v) is 5.56. The molecule has 0 unspecified atom stereocenters. The van der Waals surface area contributed by atoms with Crippen molar-refractivity contribution in [1.82, 2.24) is 14.9 Å². The Hall–Kier alpha value is -3.00. The minimum Gasteiger partial charge on any atom is -0.478 e. The predicted octanol–water partition coefficient (Wildman–Crippen LogP) is 3.18. The zero-order valence-corrected chi connectivity index (χ0v) is 19.9. The van der Waals surface area contributed by atoms with Crippen LogP contribution in [-0.4, -0.2) is 62.3 Å². The Bertz CT molecular complexity index is 1270. The van der Waals surface area contributed by atoms with Gasteiger partial charge in [0.25, 0.3) is 0 Å². The van der Waals surface area contributed by atoms with E-state index in [2.05, 4.69) is 40.2 Å². The van der Waals surface area contributed by atoms with Gasteiger partial charge in [-0.25, -0.2) is 4.79 Å². The third-order valence-corrected chi connectivity index (χ3v) is 7.84. The molecule has 0 atom stereocenters. The molecule has 3 aliphatic rings. The highest BCUT2D eigenvalue weighted by Crippen LogP contribution is 2.41. The van der Waals surface area contributed by atoms with Crippen molar-refractivity contribution >= 4 is 5.97 Å². The summed E-state index contributed by atoms with van der Waals surface area (Å²) in [6.07, 6.45) is 7.84. The number of aliphatic hydroxyl groups excluding tert-OH is 1. The maximum Gasteiger partial charge on any atom is 0.337 e. The van der Waals surface area contributed by atoms with Gasteiger partial charge in [0.2, 0.25) is 0 Å². The highest BCUT2D eigenvalue weighted by Gasteiger charge is 2.40. The lowest BCUT2D eigenvalue weighted by atomic mass is 9.88. The fraction of sp³-hybridized carbons (Fsp3) is 0.429. The predicted molar refractivity (Wildman–Crippen MR) is 134 cm³/mol. The van der Waals surface area contributed by atoms with Crippen LogP contribution in [0.15, 0.2) is 36.5 Å². The van der Waals surface area contributed by atoms with Crippen LogP contribution in [0, 0.1) is 0 Å². The SMILES string of the molecule is NC1(Cc2[nH]c3c(c2C(=O)O)CCc2cnc(-c4ccc(CCCN5CC(O)C5)cc4)cc2-3)CC1. The number of aromatic nitrogens is 2. The number of likely N-dealkylation sites (tertiary alicyclic amines) is 1. The van der Waals surface area contributed by atoms with Crippen molar-refractivity contribution in [1.29, 1.82) is 0 Å². The second-order valence-electron chi connectivity index (χ2n) is 10.6. The number of aryl methyl sites for hydroxylation is 2. The van der Waals surface area contributed by atoms with Gasteiger partial charge >= 0.3 is 5.97 Å². The second-order valence-corrected chi connectivity index (χ2v) is 10.6. The van der Waals surface area contributed by atoms with E-state index in [1.54, 1.807) is 0 Å². The lowest BCUT2D eigenvalue weighted by molar-refractivity contribution is 0.00187. The average Bonchev–Trinajstić information content (AvgIpc) is 3.43. The second kappa shape index (κ2) is 8.59. The largest absolute Gasteiger partial charge is 0.478 e. The average molecular weight is 473 g/mol. The van der Waals surface area contributed by atoms with Crippen LogP contribution in [0.5, 0.6) is 0 Å². The van der Waals surface area contributed by atoms with Gasteiger partial charge in [-0.3, -0.25) is 9.88 Å². The number of hydrogen-bond acceptors (Lipinski definition) is 5. The third-order valence-electron chi connectivity index (χ3n) is 7.84. The number of β-amino-alcohol motifs (C(OH)–C–C–N with tert-alkyl or cyclic N) is 1. The molecule has 6 rings (SSSR count). The number of nitrogens with zero attached hydrogens (tertiary/aromatic N) is 2. The zero-order chi connectivity index (χ0) is 24.2. The first-order chi connectivity index (χ1) is 16.9. The maximum absolute atomic E-state index is 12.2. The number of nitrogens with two attached hydrogens (primary N) is 1. The highest BCUT2D eigenvalue weighted by molar-refractivity contribution is 5.95. The fourth-order valence-electron chi connectivity index (χ4n) is 5.56. The van der Waals surface area contributed by atoms with Crippen molar-refractivity contribution in [3.8, 4) is 22.5 Å². The number of benzene rings is 1. The van der Waals surface area contributed by atoms with Gasteiger partial charge in [-0.2, -0.15) is 0 Å². The first kappa shape index (κ1) is 22.5. The van der Waals surface area contributed by atoms with E-state index in [-0.39, 0.29) is 11.6 Å². The summed E-state index contributed by atoms with van der Waals surface area (Å²) >= 11 is 0. The zero-order valence-electron chi connectivity index (χ0n) is 19.9. The summed E-state index contributed by atoms with van der Waals surface area (Å²) < 4.78 is 0. The summed E-state index contributed by atoms with van der Waals surface area (Å²) in [5.41, 5.74) is 14.5. The van der Waals surface area contributed by atoms with E-state index >= 15 is 0 Å². The van der Waals surface area contributed by atoms with Crippen molar-refractivity contribution in [3.63, 3.8) is 0 Å². The molecule has 1 aliphatic heterocycles. The number of aromatic carboxylic acids is 1. The maximum atomic E-state index is 12.2. The summed E-state index contributed by atoms with van der Waals surface area (Å²) in [6.45, 7) is 2.62. The van der Waals surface area contributed by atoms with Crippen LogP contribution in [0.1, 0.15) is 52.0 Å². The van der Waals surface area contributed by atoms with Gasteiger partial charge in [0.1, 0.15) is 0 Å². The van der Waals surface area contributed by atoms with Crippen LogP contribution in [0.4, 0.5) is 0 Å². The van der Waals surface area contributed by atoms with E-state index in [4.69, 9.17) is 10.7 Å². The Morgan fingerprint density at radius 2 is 1.97 bits per heavy atom. The quantitative estimate of drug-likeness (QED) is 0.400. The number of pyridine rings is 1. The Morgan fingerprint density at radius 1 is 1.20 bits per heavy atom. The van der Waals surface area contributed by atoms with E-state index in [0.29, 0.717) is 18.4 Å². The van der Waals surface area contributed by atoms with E-state index in [1.165, 1.54) is 5.56 Å². The van der Waals surface area contributed by atoms with E-state index in [1.807, 2.05) is 6.20 Å². The highest BCUT2D eigenvalue weighted by atomic mass is 16.4. The standard InChI is InChI=1S/C28H32N4O3/c29-28(9-10-28)13-24-25(27(34)35)21-8-7-19-14-30-23(12-22(19)26(21)31-24)18-5-3-17(4-6-18)2-1-11-32-15-20(33)16-32/h3-6,12,14,20,31,33H,1-2,7-11,13,15-16,29H2,(H,34,35). The summed E-state index contributed by atoms with van der Waals surface area (Å²) in [6, 6.07) is 10.7. The molecule has 2 fully saturated rings. The Kier molecular flexibility index (Phi) is 5.51. The van der Waals surface area contributed by atoms with Crippen LogP contribution >= 0.6 is 0 Å². The molecule has 182 valence electrons. The van der Waals surface area contributed by atoms with Crippen LogP contribution in [0.25, 0.3) is 22.5 Å². The van der Waals surface area contributed by atoms with Gasteiger partial charge in [-0.15, -0.1) is 0 Å². The summed E-state index contributed by atoms with van der Waals surface area (Å²) in [5.74, 6) is -0.875. The van der Waals surface area contributed by atoms with Crippen molar-refractivity contribution in [3.05, 3.63) is 64.5 Å². The third kappa shape index (κ3) is 4.40.